The van der Waals surface area contributed by atoms with Crippen molar-refractivity contribution in [1.82, 2.24) is 5.32 Å². The van der Waals surface area contributed by atoms with Crippen LogP contribution in [0, 0.1) is 11.8 Å². The maximum absolute atomic E-state index is 10.9. The third-order valence-electron chi connectivity index (χ3n) is 3.61. The maximum Gasteiger partial charge on any atom is 0.304 e. The summed E-state index contributed by atoms with van der Waals surface area (Å²) in [6.45, 7) is 5.02. The van der Waals surface area contributed by atoms with Crippen LogP contribution in [0.1, 0.15) is 58.8 Å². The molecule has 0 aromatic rings. The second kappa shape index (κ2) is 11.5. The fraction of sp³-hybridized carbons (Fsp3) is 0.800. The summed E-state index contributed by atoms with van der Waals surface area (Å²) >= 11 is 5.26. The fourth-order valence-electron chi connectivity index (χ4n) is 2.17. The quantitative estimate of drug-likeness (QED) is 0.480. The van der Waals surface area contributed by atoms with Gasteiger partial charge < -0.3 is 15.5 Å². The van der Waals surface area contributed by atoms with Gasteiger partial charge in [-0.15, -0.1) is 0 Å². The first-order valence-electron chi connectivity index (χ1n) is 7.61. The summed E-state index contributed by atoms with van der Waals surface area (Å²) in [5, 5.41) is 20.8. The number of carboxylic acid groups (broad SMARTS) is 2. The zero-order valence-electron chi connectivity index (χ0n) is 12.9. The summed E-state index contributed by atoms with van der Waals surface area (Å²) in [5.74, 6) is -1.76. The molecule has 0 aromatic carbocycles. The second-order valence-corrected chi connectivity index (χ2v) is 5.83. The van der Waals surface area contributed by atoms with E-state index in [1.165, 1.54) is 6.42 Å². The predicted octanol–water partition coefficient (Wildman–Crippen LogP) is 3.08. The molecule has 0 aliphatic heterocycles. The lowest BCUT2D eigenvalue weighted by Crippen LogP contribution is -2.34. The molecule has 6 heteroatoms. The second-order valence-electron chi connectivity index (χ2n) is 5.39. The van der Waals surface area contributed by atoms with Crippen molar-refractivity contribution < 1.29 is 19.8 Å². The van der Waals surface area contributed by atoms with Crippen LogP contribution in [0.3, 0.4) is 0 Å². The Labute approximate surface area is 132 Å². The monoisotopic (exact) mass is 317 g/mol. The fourth-order valence-corrected chi connectivity index (χ4v) is 2.45. The summed E-state index contributed by atoms with van der Waals surface area (Å²) in [7, 11) is 0. The van der Waals surface area contributed by atoms with E-state index in [0.29, 0.717) is 10.9 Å². The van der Waals surface area contributed by atoms with Crippen molar-refractivity contribution in [3.63, 3.8) is 0 Å². The molecule has 0 aliphatic carbocycles. The van der Waals surface area contributed by atoms with E-state index in [9.17, 15) is 9.59 Å². The molecular weight excluding hydrogens is 290 g/mol. The van der Waals surface area contributed by atoms with Gasteiger partial charge in [-0.25, -0.2) is 0 Å². The first-order chi connectivity index (χ1) is 9.90. The smallest absolute Gasteiger partial charge is 0.304 e. The number of hydrogen-bond donors (Lipinski definition) is 3. The van der Waals surface area contributed by atoms with E-state index in [-0.39, 0.29) is 19.3 Å². The van der Waals surface area contributed by atoms with E-state index >= 15 is 0 Å². The van der Waals surface area contributed by atoms with Gasteiger partial charge in [0.05, 0.1) is 11.4 Å². The first kappa shape index (κ1) is 19.8. The molecule has 2 atom stereocenters. The third kappa shape index (κ3) is 10.2. The molecule has 0 rings (SSSR count). The van der Waals surface area contributed by atoms with Gasteiger partial charge in [-0.3, -0.25) is 9.59 Å². The average Bonchev–Trinajstić information content (AvgIpc) is 2.42. The van der Waals surface area contributed by atoms with Gasteiger partial charge in [-0.05, 0) is 18.8 Å². The highest BCUT2D eigenvalue weighted by atomic mass is 32.1. The number of nitrogens with one attached hydrogen (secondary N) is 1. The number of thiocarbonyl (C=S) groups is 1. The zero-order valence-corrected chi connectivity index (χ0v) is 13.7. The van der Waals surface area contributed by atoms with Gasteiger partial charge in [0.2, 0.25) is 0 Å². The van der Waals surface area contributed by atoms with Crippen LogP contribution in [0.25, 0.3) is 0 Å². The van der Waals surface area contributed by atoms with Crippen LogP contribution < -0.4 is 5.32 Å². The van der Waals surface area contributed by atoms with Crippen molar-refractivity contribution in [2.45, 2.75) is 58.8 Å². The number of hydrogen-bond acceptors (Lipinski definition) is 3. The molecule has 0 radical (unpaired) electrons. The molecule has 0 fully saturated rings. The molecule has 0 spiro atoms. The Bertz CT molecular complexity index is 347. The Hall–Kier alpha value is -1.17. The molecule has 122 valence electrons. The van der Waals surface area contributed by atoms with Crippen molar-refractivity contribution in [3.8, 4) is 0 Å². The van der Waals surface area contributed by atoms with Gasteiger partial charge in [-0.2, -0.15) is 0 Å². The first-order valence-corrected chi connectivity index (χ1v) is 8.02. The highest BCUT2D eigenvalue weighted by molar-refractivity contribution is 7.80. The standard InChI is InChI=1S/C15H27NO4S/c1-3-5-6-11(4-2)10-16-15(21)12(9-14(19)20)7-8-13(17)18/h11-12H,3-10H2,1-2H3,(H,16,21)(H,17,18)(H,19,20). The molecule has 5 nitrogen and oxygen atoms in total. The van der Waals surface area contributed by atoms with Crippen LogP contribution in [0.15, 0.2) is 0 Å². The summed E-state index contributed by atoms with van der Waals surface area (Å²) in [6.07, 6.45) is 4.58. The number of carbonyl (C=O) groups is 2. The Morgan fingerprint density at radius 2 is 1.81 bits per heavy atom. The van der Waals surface area contributed by atoms with Crippen LogP contribution in [0.5, 0.6) is 0 Å². The van der Waals surface area contributed by atoms with Crippen LogP contribution in [-0.4, -0.2) is 33.7 Å². The molecular formula is C15H27NO4S. The van der Waals surface area contributed by atoms with Gasteiger partial charge in [0, 0.05) is 18.9 Å². The Balaban J connectivity index is 4.36. The summed E-state index contributed by atoms with van der Waals surface area (Å²) < 4.78 is 0. The molecule has 0 saturated heterocycles. The lowest BCUT2D eigenvalue weighted by molar-refractivity contribution is -0.139. The Morgan fingerprint density at radius 1 is 1.14 bits per heavy atom. The van der Waals surface area contributed by atoms with Crippen LogP contribution in [-0.2, 0) is 9.59 Å². The zero-order chi connectivity index (χ0) is 16.3. The molecule has 3 N–H and O–H groups in total. The summed E-state index contributed by atoms with van der Waals surface area (Å²) in [5.41, 5.74) is 0. The number of rotatable bonds is 12. The molecule has 0 amide bonds. The lowest BCUT2D eigenvalue weighted by Gasteiger charge is -2.21. The van der Waals surface area contributed by atoms with Crippen LogP contribution >= 0.6 is 12.2 Å². The van der Waals surface area contributed by atoms with Crippen LogP contribution in [0.2, 0.25) is 0 Å². The van der Waals surface area contributed by atoms with E-state index in [4.69, 9.17) is 22.4 Å². The van der Waals surface area contributed by atoms with Gasteiger partial charge in [0.25, 0.3) is 0 Å². The minimum absolute atomic E-state index is 0.0627. The van der Waals surface area contributed by atoms with E-state index in [1.807, 2.05) is 0 Å². The molecule has 0 aromatic heterocycles. The largest absolute Gasteiger partial charge is 0.481 e. The summed E-state index contributed by atoms with van der Waals surface area (Å²) in [6, 6.07) is 0. The summed E-state index contributed by atoms with van der Waals surface area (Å²) in [4.78, 5) is 22.0. The van der Waals surface area contributed by atoms with Gasteiger partial charge in [-0.1, -0.05) is 45.3 Å². The molecule has 2 unspecified atom stereocenters. The van der Waals surface area contributed by atoms with Gasteiger partial charge in [0.1, 0.15) is 0 Å². The number of carboxylic acids is 2. The predicted molar refractivity (Wildman–Crippen MR) is 86.5 cm³/mol. The minimum Gasteiger partial charge on any atom is -0.481 e. The molecule has 0 saturated carbocycles. The van der Waals surface area contributed by atoms with E-state index in [0.717, 1.165) is 25.8 Å². The van der Waals surface area contributed by atoms with E-state index in [1.54, 1.807) is 0 Å². The van der Waals surface area contributed by atoms with Crippen molar-refractivity contribution in [3.05, 3.63) is 0 Å². The van der Waals surface area contributed by atoms with Gasteiger partial charge in [0.15, 0.2) is 0 Å². The van der Waals surface area contributed by atoms with Crippen molar-refractivity contribution in [2.24, 2.45) is 11.8 Å². The SMILES string of the molecule is CCCCC(CC)CNC(=S)C(CCC(=O)O)CC(=O)O. The van der Waals surface area contributed by atoms with Crippen LogP contribution in [0.4, 0.5) is 0 Å². The Morgan fingerprint density at radius 3 is 2.29 bits per heavy atom. The van der Waals surface area contributed by atoms with Gasteiger partial charge >= 0.3 is 11.9 Å². The normalized spacial score (nSPS) is 13.4. The topological polar surface area (TPSA) is 86.6 Å². The highest BCUT2D eigenvalue weighted by Crippen LogP contribution is 2.15. The van der Waals surface area contributed by atoms with E-state index in [2.05, 4.69) is 19.2 Å². The van der Waals surface area contributed by atoms with Crippen molar-refractivity contribution in [1.29, 1.82) is 0 Å². The molecule has 0 heterocycles. The lowest BCUT2D eigenvalue weighted by atomic mass is 9.97. The minimum atomic E-state index is -0.951. The van der Waals surface area contributed by atoms with Crippen molar-refractivity contribution in [2.75, 3.05) is 6.54 Å². The molecule has 0 bridgehead atoms. The third-order valence-corrected chi connectivity index (χ3v) is 4.08. The van der Waals surface area contributed by atoms with E-state index < -0.39 is 17.9 Å². The highest BCUT2D eigenvalue weighted by Gasteiger charge is 2.20. The number of unbranched alkanes of at least 4 members (excludes halogenated alkanes) is 1. The van der Waals surface area contributed by atoms with Crippen molar-refractivity contribution >= 4 is 29.1 Å². The molecule has 0 aliphatic rings. The molecule has 21 heavy (non-hydrogen) atoms. The average molecular weight is 317 g/mol. The number of aliphatic carboxylic acids is 2. The maximum atomic E-state index is 10.9. The Kier molecular flexibility index (Phi) is 10.8.